The van der Waals surface area contributed by atoms with Crippen LogP contribution in [0.1, 0.15) is 11.3 Å². The van der Waals surface area contributed by atoms with E-state index in [1.165, 1.54) is 0 Å². The molecule has 0 bridgehead atoms. The predicted octanol–water partition coefficient (Wildman–Crippen LogP) is 2.08. The molecule has 6 nitrogen and oxygen atoms in total. The number of carbonyl (C=O) groups is 1. The molecule has 0 aliphatic carbocycles. The minimum atomic E-state index is -0.127. The SMILES string of the molecule is COc1cccc(NC(=O)N2CCc3ncncc3C2)c1. The molecule has 1 aromatic carbocycles. The number of nitrogens with one attached hydrogen (secondary N) is 1. The Labute approximate surface area is 122 Å². The Hall–Kier alpha value is -2.63. The first-order valence-corrected chi connectivity index (χ1v) is 6.74. The number of nitrogens with zero attached hydrogens (tertiary/aromatic N) is 3. The first-order valence-electron chi connectivity index (χ1n) is 6.74. The van der Waals surface area contributed by atoms with Crippen LogP contribution in [0, 0.1) is 0 Å². The van der Waals surface area contributed by atoms with Crippen molar-refractivity contribution in [3.63, 3.8) is 0 Å². The first kappa shape index (κ1) is 13.4. The monoisotopic (exact) mass is 284 g/mol. The third kappa shape index (κ3) is 2.94. The number of methoxy groups -OCH3 is 1. The number of benzene rings is 1. The number of urea groups is 1. The van der Waals surface area contributed by atoms with Crippen LogP contribution in [0.2, 0.25) is 0 Å². The van der Waals surface area contributed by atoms with Gasteiger partial charge in [0.2, 0.25) is 0 Å². The smallest absolute Gasteiger partial charge is 0.322 e. The van der Waals surface area contributed by atoms with Crippen LogP contribution in [0.5, 0.6) is 5.75 Å². The van der Waals surface area contributed by atoms with Crippen molar-refractivity contribution in [2.45, 2.75) is 13.0 Å². The number of hydrogen-bond donors (Lipinski definition) is 1. The van der Waals surface area contributed by atoms with Gasteiger partial charge in [-0.25, -0.2) is 14.8 Å². The molecular formula is C15H16N4O2. The molecule has 1 aromatic heterocycles. The quantitative estimate of drug-likeness (QED) is 0.916. The molecule has 1 aliphatic heterocycles. The predicted molar refractivity (Wildman–Crippen MR) is 78.2 cm³/mol. The summed E-state index contributed by atoms with van der Waals surface area (Å²) in [5.74, 6) is 0.713. The van der Waals surface area contributed by atoms with Crippen molar-refractivity contribution in [1.29, 1.82) is 0 Å². The maximum Gasteiger partial charge on any atom is 0.322 e. The number of aromatic nitrogens is 2. The van der Waals surface area contributed by atoms with E-state index in [1.54, 1.807) is 30.6 Å². The lowest BCUT2D eigenvalue weighted by Crippen LogP contribution is -2.39. The summed E-state index contributed by atoms with van der Waals surface area (Å²) in [4.78, 5) is 22.3. The zero-order valence-corrected chi connectivity index (χ0v) is 11.7. The summed E-state index contributed by atoms with van der Waals surface area (Å²) >= 11 is 0. The minimum absolute atomic E-state index is 0.127. The number of amides is 2. The Morgan fingerprint density at radius 1 is 1.43 bits per heavy atom. The van der Waals surface area contributed by atoms with E-state index in [1.807, 2.05) is 18.2 Å². The van der Waals surface area contributed by atoms with E-state index >= 15 is 0 Å². The lowest BCUT2D eigenvalue weighted by molar-refractivity contribution is 0.206. The Morgan fingerprint density at radius 2 is 2.33 bits per heavy atom. The van der Waals surface area contributed by atoms with Crippen molar-refractivity contribution in [1.82, 2.24) is 14.9 Å². The maximum atomic E-state index is 12.3. The molecule has 2 heterocycles. The summed E-state index contributed by atoms with van der Waals surface area (Å²) in [5.41, 5.74) is 2.74. The fourth-order valence-electron chi connectivity index (χ4n) is 2.34. The van der Waals surface area contributed by atoms with E-state index in [0.717, 1.165) is 23.4 Å². The van der Waals surface area contributed by atoms with Crippen molar-refractivity contribution >= 4 is 11.7 Å². The van der Waals surface area contributed by atoms with Gasteiger partial charge in [0.1, 0.15) is 12.1 Å². The lowest BCUT2D eigenvalue weighted by Gasteiger charge is -2.27. The van der Waals surface area contributed by atoms with Gasteiger partial charge in [-0.15, -0.1) is 0 Å². The van der Waals surface area contributed by atoms with E-state index < -0.39 is 0 Å². The van der Waals surface area contributed by atoms with E-state index in [9.17, 15) is 4.79 Å². The van der Waals surface area contributed by atoms with Gasteiger partial charge in [-0.3, -0.25) is 0 Å². The third-order valence-corrected chi connectivity index (χ3v) is 3.47. The van der Waals surface area contributed by atoms with Crippen LogP contribution in [0.15, 0.2) is 36.8 Å². The first-order chi connectivity index (χ1) is 10.3. The third-order valence-electron chi connectivity index (χ3n) is 3.47. The Morgan fingerprint density at radius 3 is 3.19 bits per heavy atom. The zero-order chi connectivity index (χ0) is 14.7. The molecule has 0 fully saturated rings. The number of hydrogen-bond acceptors (Lipinski definition) is 4. The topological polar surface area (TPSA) is 67.3 Å². The van der Waals surface area contributed by atoms with Gasteiger partial charge in [0, 0.05) is 36.5 Å². The van der Waals surface area contributed by atoms with Crippen LogP contribution >= 0.6 is 0 Å². The van der Waals surface area contributed by atoms with Crippen LogP contribution in [0.4, 0.5) is 10.5 Å². The second kappa shape index (κ2) is 5.78. The second-order valence-corrected chi connectivity index (χ2v) is 4.83. The molecule has 2 amide bonds. The highest BCUT2D eigenvalue weighted by atomic mass is 16.5. The standard InChI is InChI=1S/C15H16N4O2/c1-21-13-4-2-3-12(7-13)18-15(20)19-6-5-14-11(9-19)8-16-10-17-14/h2-4,7-8,10H,5-6,9H2,1H3,(H,18,20). The Bertz CT molecular complexity index is 660. The van der Waals surface area contributed by atoms with Crippen LogP contribution in [0.3, 0.4) is 0 Å². The average Bonchev–Trinajstić information content (AvgIpc) is 2.54. The second-order valence-electron chi connectivity index (χ2n) is 4.83. The Balaban J connectivity index is 1.69. The molecule has 1 aliphatic rings. The van der Waals surface area contributed by atoms with Crippen LogP contribution in [-0.2, 0) is 13.0 Å². The molecule has 0 spiro atoms. The molecule has 0 unspecified atom stereocenters. The van der Waals surface area contributed by atoms with Gasteiger partial charge in [0.25, 0.3) is 0 Å². The van der Waals surface area contributed by atoms with Crippen molar-refractivity contribution in [2.24, 2.45) is 0 Å². The van der Waals surface area contributed by atoms with Crippen molar-refractivity contribution in [3.8, 4) is 5.75 Å². The fourth-order valence-corrected chi connectivity index (χ4v) is 2.34. The van der Waals surface area contributed by atoms with Crippen molar-refractivity contribution in [3.05, 3.63) is 48.0 Å². The minimum Gasteiger partial charge on any atom is -0.497 e. The summed E-state index contributed by atoms with van der Waals surface area (Å²) in [6.07, 6.45) is 4.07. The summed E-state index contributed by atoms with van der Waals surface area (Å²) in [7, 11) is 1.60. The molecular weight excluding hydrogens is 268 g/mol. The van der Waals surface area contributed by atoms with E-state index in [4.69, 9.17) is 4.74 Å². The molecule has 1 N–H and O–H groups in total. The summed E-state index contributed by atoms with van der Waals surface area (Å²) in [6.45, 7) is 1.19. The molecule has 21 heavy (non-hydrogen) atoms. The number of ether oxygens (including phenoxy) is 1. The zero-order valence-electron chi connectivity index (χ0n) is 11.7. The van der Waals surface area contributed by atoms with E-state index in [2.05, 4.69) is 15.3 Å². The van der Waals surface area contributed by atoms with Gasteiger partial charge < -0.3 is 15.0 Å². The van der Waals surface area contributed by atoms with Gasteiger partial charge >= 0.3 is 6.03 Å². The molecule has 108 valence electrons. The molecule has 0 radical (unpaired) electrons. The molecule has 3 rings (SSSR count). The van der Waals surface area contributed by atoms with E-state index in [-0.39, 0.29) is 6.03 Å². The van der Waals surface area contributed by atoms with Gasteiger partial charge in [0.15, 0.2) is 0 Å². The Kier molecular flexibility index (Phi) is 3.68. The largest absolute Gasteiger partial charge is 0.497 e. The summed E-state index contributed by atoms with van der Waals surface area (Å²) < 4.78 is 5.15. The molecule has 0 atom stereocenters. The number of rotatable bonds is 2. The summed E-state index contributed by atoms with van der Waals surface area (Å²) in [6, 6.07) is 7.18. The molecule has 2 aromatic rings. The maximum absolute atomic E-state index is 12.3. The van der Waals surface area contributed by atoms with Crippen molar-refractivity contribution < 1.29 is 9.53 Å². The van der Waals surface area contributed by atoms with Crippen LogP contribution in [-0.4, -0.2) is 34.6 Å². The highest BCUT2D eigenvalue weighted by molar-refractivity contribution is 5.89. The number of carbonyl (C=O) groups excluding carboxylic acids is 1. The lowest BCUT2D eigenvalue weighted by atomic mass is 10.1. The number of fused-ring (bicyclic) bond motifs is 1. The normalized spacial score (nSPS) is 13.5. The molecule has 0 saturated carbocycles. The summed E-state index contributed by atoms with van der Waals surface area (Å²) in [5, 5.41) is 2.88. The van der Waals surface area contributed by atoms with Crippen LogP contribution < -0.4 is 10.1 Å². The average molecular weight is 284 g/mol. The van der Waals surface area contributed by atoms with Gasteiger partial charge in [-0.2, -0.15) is 0 Å². The van der Waals surface area contributed by atoms with Crippen molar-refractivity contribution in [2.75, 3.05) is 19.0 Å². The number of anilines is 1. The fraction of sp³-hybridized carbons (Fsp3) is 0.267. The van der Waals surface area contributed by atoms with Gasteiger partial charge in [0.05, 0.1) is 19.3 Å². The van der Waals surface area contributed by atoms with Crippen LogP contribution in [0.25, 0.3) is 0 Å². The molecule has 0 saturated heterocycles. The highest BCUT2D eigenvalue weighted by Crippen LogP contribution is 2.19. The van der Waals surface area contributed by atoms with E-state index in [0.29, 0.717) is 18.8 Å². The van der Waals surface area contributed by atoms with Gasteiger partial charge in [-0.1, -0.05) is 6.07 Å². The highest BCUT2D eigenvalue weighted by Gasteiger charge is 2.21. The molecule has 6 heteroatoms. The van der Waals surface area contributed by atoms with Gasteiger partial charge in [-0.05, 0) is 12.1 Å².